The maximum Gasteiger partial charge on any atom is 0.310 e. The Morgan fingerprint density at radius 1 is 0.373 bits per heavy atom. The lowest BCUT2D eigenvalue weighted by Gasteiger charge is -2.18. The van der Waals surface area contributed by atoms with E-state index in [1.807, 2.05) is 96.9 Å². The highest BCUT2D eigenvalue weighted by Gasteiger charge is 2.23. The van der Waals surface area contributed by atoms with Crippen molar-refractivity contribution >= 4 is 67.6 Å². The number of esters is 2. The summed E-state index contributed by atoms with van der Waals surface area (Å²) in [5.41, 5.74) is 16.8. The molecule has 3 heterocycles. The van der Waals surface area contributed by atoms with Crippen LogP contribution in [0.2, 0.25) is 0 Å². The van der Waals surface area contributed by atoms with Crippen molar-refractivity contribution in [2.45, 2.75) is 191 Å². The van der Waals surface area contributed by atoms with Crippen LogP contribution in [-0.4, -0.2) is 69.5 Å². The standard InChI is InChI=1S/2C18H21NO3.C17H19NO3.2C3H8.2C2H6/c2*1-9-10(2)12(4)17-16(11(9)3)14(7-15(21)22-6)8-19-18(17)13(5)20;1-8-9(2)11(4)16-15(10(8)3)13(6-14(20)21)7-18-17(16)12(5)19;2*1-3-2;2*1-2/h2*8H,7H2,1-6H3;7H,6H2,1-5H3,(H,20,21);2*3H2,1-2H3;2*1-2H3. The average molecular weight is 1030 g/mol. The van der Waals surface area contributed by atoms with E-state index in [-0.39, 0.29) is 48.6 Å². The van der Waals surface area contributed by atoms with Crippen LogP contribution in [0.25, 0.3) is 32.3 Å². The summed E-state index contributed by atoms with van der Waals surface area (Å²) in [5, 5.41) is 14.4. The molecule has 0 aliphatic heterocycles. The first-order valence-corrected chi connectivity index (χ1v) is 26.2. The zero-order chi connectivity index (χ0) is 58.5. The van der Waals surface area contributed by atoms with E-state index >= 15 is 0 Å². The van der Waals surface area contributed by atoms with Gasteiger partial charge in [-0.1, -0.05) is 68.2 Å². The van der Waals surface area contributed by atoms with Gasteiger partial charge >= 0.3 is 17.9 Å². The number of hydrogen-bond donors (Lipinski definition) is 1. The summed E-state index contributed by atoms with van der Waals surface area (Å²) in [6, 6.07) is 0. The predicted octanol–water partition coefficient (Wildman–Crippen LogP) is 15.0. The molecule has 0 spiro atoms. The van der Waals surface area contributed by atoms with Crippen molar-refractivity contribution in [3.05, 3.63) is 119 Å². The van der Waals surface area contributed by atoms with Gasteiger partial charge in [0, 0.05) is 55.5 Å². The molecule has 75 heavy (non-hydrogen) atoms. The molecule has 410 valence electrons. The fourth-order valence-corrected chi connectivity index (χ4v) is 8.67. The van der Waals surface area contributed by atoms with E-state index in [9.17, 15) is 28.8 Å². The van der Waals surface area contributed by atoms with Crippen LogP contribution < -0.4 is 0 Å². The van der Waals surface area contributed by atoms with E-state index in [1.165, 1.54) is 65.2 Å². The molecule has 3 aromatic carbocycles. The van der Waals surface area contributed by atoms with E-state index in [0.717, 1.165) is 99.1 Å². The summed E-state index contributed by atoms with van der Waals surface area (Å²) >= 11 is 0. The lowest BCUT2D eigenvalue weighted by atomic mass is 9.88. The number of carbonyl (C=O) groups is 6. The molecular formula is C63H89N3O9. The van der Waals surface area contributed by atoms with E-state index < -0.39 is 5.97 Å². The van der Waals surface area contributed by atoms with Gasteiger partial charge in [0.25, 0.3) is 0 Å². The van der Waals surface area contributed by atoms with Crippen LogP contribution >= 0.6 is 0 Å². The fraction of sp³-hybridized carbons (Fsp3) is 0.476. The van der Waals surface area contributed by atoms with Gasteiger partial charge < -0.3 is 14.6 Å². The Kier molecular flexibility index (Phi) is 29.1. The van der Waals surface area contributed by atoms with Crippen molar-refractivity contribution in [1.82, 2.24) is 15.0 Å². The zero-order valence-electron chi connectivity index (χ0n) is 50.3. The van der Waals surface area contributed by atoms with Gasteiger partial charge in [-0.05, 0) is 183 Å². The minimum Gasteiger partial charge on any atom is -0.481 e. The Bertz CT molecular complexity index is 2900. The molecule has 0 amide bonds. The number of methoxy groups -OCH3 is 2. The summed E-state index contributed by atoms with van der Waals surface area (Å²) in [6.07, 6.45) is 7.48. The molecule has 0 saturated heterocycles. The maximum atomic E-state index is 12.0. The maximum absolute atomic E-state index is 12.0. The van der Waals surface area contributed by atoms with Crippen LogP contribution in [0.5, 0.6) is 0 Å². The van der Waals surface area contributed by atoms with Crippen molar-refractivity contribution in [3.63, 3.8) is 0 Å². The number of hydrogen-bond acceptors (Lipinski definition) is 11. The van der Waals surface area contributed by atoms with E-state index in [1.54, 1.807) is 12.4 Å². The Morgan fingerprint density at radius 3 is 0.733 bits per heavy atom. The SMILES string of the molecule is CC.CC.CC(=O)c1ncc(CC(=O)O)c2c(C)c(C)c(C)c(C)c12.CCC.CCC.COC(=O)Cc1cnc(C(C)=O)c2c(C)c(C)c(C)c(C)c12.COC(=O)Cc1cnc(C(C)=O)c2c(C)c(C)c(C)c(C)c12. The van der Waals surface area contributed by atoms with Crippen LogP contribution in [0.4, 0.5) is 0 Å². The topological polar surface area (TPSA) is 180 Å². The van der Waals surface area contributed by atoms with Crippen LogP contribution in [0.3, 0.4) is 0 Å². The zero-order valence-corrected chi connectivity index (χ0v) is 50.3. The number of aliphatic carboxylic acids is 1. The van der Waals surface area contributed by atoms with E-state index in [0.29, 0.717) is 22.6 Å². The summed E-state index contributed by atoms with van der Waals surface area (Å²) in [7, 11) is 2.74. The summed E-state index contributed by atoms with van der Waals surface area (Å²) < 4.78 is 9.54. The quantitative estimate of drug-likeness (QED) is 0.107. The first-order chi connectivity index (χ1) is 35.2. The third kappa shape index (κ3) is 16.4. The highest BCUT2D eigenvalue weighted by atomic mass is 16.5. The number of rotatable bonds is 9. The molecule has 12 heteroatoms. The Morgan fingerprint density at radius 2 is 0.560 bits per heavy atom. The molecule has 12 nitrogen and oxygen atoms in total. The number of Topliss-reactive ketones (excluding diaryl/α,β-unsaturated/α-hetero) is 3. The molecule has 0 fully saturated rings. The number of ketones is 3. The number of ether oxygens (including phenoxy) is 2. The van der Waals surface area contributed by atoms with Crippen molar-refractivity contribution in [2.24, 2.45) is 0 Å². The Balaban J connectivity index is 0.00000101. The van der Waals surface area contributed by atoms with Crippen molar-refractivity contribution in [3.8, 4) is 0 Å². The molecule has 0 aliphatic rings. The molecule has 0 unspecified atom stereocenters. The highest BCUT2D eigenvalue weighted by Crippen LogP contribution is 2.36. The van der Waals surface area contributed by atoms with E-state index in [2.05, 4.69) is 56.5 Å². The monoisotopic (exact) mass is 1030 g/mol. The van der Waals surface area contributed by atoms with Crippen molar-refractivity contribution < 1.29 is 43.3 Å². The molecule has 0 saturated carbocycles. The number of carboxylic acid groups (broad SMARTS) is 1. The molecule has 1 N–H and O–H groups in total. The molecule has 0 aliphatic carbocycles. The van der Waals surface area contributed by atoms with Gasteiger partial charge in [0.2, 0.25) is 0 Å². The Hall–Kier alpha value is -6.69. The number of benzene rings is 3. The number of carboxylic acids is 1. The molecule has 3 aromatic heterocycles. The number of pyridine rings is 3. The first-order valence-electron chi connectivity index (χ1n) is 26.2. The van der Waals surface area contributed by atoms with Gasteiger partial charge in [0.05, 0.1) is 33.5 Å². The summed E-state index contributed by atoms with van der Waals surface area (Å²) in [4.78, 5) is 83.1. The lowest BCUT2D eigenvalue weighted by molar-refractivity contribution is -0.140. The van der Waals surface area contributed by atoms with Crippen molar-refractivity contribution in [1.29, 1.82) is 0 Å². The van der Waals surface area contributed by atoms with Gasteiger partial charge in [-0.2, -0.15) is 0 Å². The summed E-state index contributed by atoms with van der Waals surface area (Å²) in [6.45, 7) is 45.3. The molecular weight excluding hydrogens is 943 g/mol. The number of carbonyl (C=O) groups excluding carboxylic acids is 5. The third-order valence-electron chi connectivity index (χ3n) is 13.3. The molecule has 6 aromatic rings. The smallest absolute Gasteiger partial charge is 0.310 e. The number of aryl methyl sites for hydroxylation is 6. The van der Waals surface area contributed by atoms with Crippen LogP contribution in [0.1, 0.15) is 204 Å². The molecule has 6 rings (SSSR count). The largest absolute Gasteiger partial charge is 0.481 e. The summed E-state index contributed by atoms with van der Waals surface area (Å²) in [5.74, 6) is -1.76. The second kappa shape index (κ2) is 31.9. The second-order valence-corrected chi connectivity index (χ2v) is 18.3. The number of aromatic nitrogens is 3. The van der Waals surface area contributed by atoms with Gasteiger partial charge in [-0.25, -0.2) is 0 Å². The van der Waals surface area contributed by atoms with Gasteiger partial charge in [0.15, 0.2) is 17.3 Å². The number of nitrogens with zero attached hydrogens (tertiary/aromatic N) is 3. The average Bonchev–Trinajstić information content (AvgIpc) is 3.38. The van der Waals surface area contributed by atoms with Crippen LogP contribution in [0, 0.1) is 83.1 Å². The van der Waals surface area contributed by atoms with Crippen LogP contribution in [-0.2, 0) is 43.1 Å². The van der Waals surface area contributed by atoms with Gasteiger partial charge in [-0.3, -0.25) is 43.7 Å². The van der Waals surface area contributed by atoms with Crippen LogP contribution in [0.15, 0.2) is 18.6 Å². The molecule has 0 bridgehead atoms. The van der Waals surface area contributed by atoms with Crippen molar-refractivity contribution in [2.75, 3.05) is 14.2 Å². The minimum atomic E-state index is -0.899. The third-order valence-corrected chi connectivity index (χ3v) is 13.3. The minimum absolute atomic E-state index is 0.0691. The molecule has 0 atom stereocenters. The second-order valence-electron chi connectivity index (χ2n) is 18.3. The van der Waals surface area contributed by atoms with Gasteiger partial charge in [0.1, 0.15) is 17.1 Å². The lowest BCUT2D eigenvalue weighted by Crippen LogP contribution is -2.10. The highest BCUT2D eigenvalue weighted by molar-refractivity contribution is 6.11. The molecule has 0 radical (unpaired) electrons. The first kappa shape index (κ1) is 68.3. The van der Waals surface area contributed by atoms with E-state index in [4.69, 9.17) is 14.6 Å². The number of fused-ring (bicyclic) bond motifs is 3. The fourth-order valence-electron chi connectivity index (χ4n) is 8.67. The van der Waals surface area contributed by atoms with Gasteiger partial charge in [-0.15, -0.1) is 0 Å². The normalized spacial score (nSPS) is 10.0. The predicted molar refractivity (Wildman–Crippen MR) is 309 cm³/mol. The Labute approximate surface area is 448 Å².